The molecule has 1 atom stereocenters. The summed E-state index contributed by atoms with van der Waals surface area (Å²) in [5.41, 5.74) is 5.49. The van der Waals surface area contributed by atoms with Crippen LogP contribution in [-0.4, -0.2) is 30.8 Å². The van der Waals surface area contributed by atoms with Crippen LogP contribution in [0.2, 0.25) is 0 Å². The number of nitrogens with one attached hydrogen (secondary N) is 1. The zero-order chi connectivity index (χ0) is 10.6. The van der Waals surface area contributed by atoms with Crippen molar-refractivity contribution in [3.05, 3.63) is 11.8 Å². The van der Waals surface area contributed by atoms with Gasteiger partial charge in [-0.25, -0.2) is 0 Å². The number of nitrogens with zero attached hydrogens (tertiary/aromatic N) is 1. The number of ether oxygens (including phenoxy) is 1. The zero-order valence-electron chi connectivity index (χ0n) is 8.11. The number of hydrogen-bond acceptors (Lipinski definition) is 5. The summed E-state index contributed by atoms with van der Waals surface area (Å²) >= 11 is 0. The Labute approximate surface area is 81.4 Å². The third kappa shape index (κ3) is 2.82. The Bertz CT molecular complexity index is 311. The third-order valence-corrected chi connectivity index (χ3v) is 1.56. The lowest BCUT2D eigenvalue weighted by Gasteiger charge is -2.08. The number of carbonyl (C=O) groups excluding carboxylic acids is 1. The Morgan fingerprint density at radius 2 is 2.57 bits per heavy atom. The molecule has 1 unspecified atom stereocenters. The van der Waals surface area contributed by atoms with E-state index in [1.165, 1.54) is 7.11 Å². The van der Waals surface area contributed by atoms with Crippen molar-refractivity contribution in [3.8, 4) is 0 Å². The molecule has 6 nitrogen and oxygen atoms in total. The highest BCUT2D eigenvalue weighted by Gasteiger charge is 2.14. The van der Waals surface area contributed by atoms with Crippen LogP contribution < -0.4 is 11.1 Å². The first-order valence-electron chi connectivity index (χ1n) is 4.12. The van der Waals surface area contributed by atoms with E-state index in [9.17, 15) is 4.79 Å². The van der Waals surface area contributed by atoms with Crippen LogP contribution in [0.5, 0.6) is 0 Å². The number of hydrogen-bond donors (Lipinski definition) is 2. The maximum absolute atomic E-state index is 11.3. The molecular weight excluding hydrogens is 186 g/mol. The predicted molar refractivity (Wildman–Crippen MR) is 49.7 cm³/mol. The van der Waals surface area contributed by atoms with Crippen LogP contribution in [0.25, 0.3) is 0 Å². The Balaban J connectivity index is 2.48. The van der Waals surface area contributed by atoms with Crippen molar-refractivity contribution >= 4 is 11.7 Å². The lowest BCUT2D eigenvalue weighted by molar-refractivity contribution is -0.118. The van der Waals surface area contributed by atoms with Gasteiger partial charge in [-0.2, -0.15) is 0 Å². The normalized spacial score (nSPS) is 12.5. The van der Waals surface area contributed by atoms with Gasteiger partial charge in [-0.05, 0) is 6.92 Å². The zero-order valence-corrected chi connectivity index (χ0v) is 8.11. The molecule has 14 heavy (non-hydrogen) atoms. The molecule has 1 heterocycles. The van der Waals surface area contributed by atoms with Crippen molar-refractivity contribution in [2.45, 2.75) is 13.0 Å². The second-order valence-corrected chi connectivity index (χ2v) is 2.87. The molecule has 78 valence electrons. The van der Waals surface area contributed by atoms with Gasteiger partial charge in [-0.1, -0.05) is 5.16 Å². The molecule has 0 saturated heterocycles. The standard InChI is InChI=1S/C8H13N3O3/c1-5-3-7(11-14-5)10-8(12)6(9)4-13-2/h3,6H,4,9H2,1-2H3,(H,10,11,12). The van der Waals surface area contributed by atoms with Crippen LogP contribution in [0.1, 0.15) is 5.76 Å². The van der Waals surface area contributed by atoms with E-state index in [-0.39, 0.29) is 12.5 Å². The van der Waals surface area contributed by atoms with E-state index in [0.717, 1.165) is 0 Å². The monoisotopic (exact) mass is 199 g/mol. The molecule has 0 aliphatic rings. The van der Waals surface area contributed by atoms with Gasteiger partial charge in [0.05, 0.1) is 6.61 Å². The van der Waals surface area contributed by atoms with Crippen molar-refractivity contribution in [2.24, 2.45) is 5.73 Å². The summed E-state index contributed by atoms with van der Waals surface area (Å²) in [6.45, 7) is 1.90. The first-order chi connectivity index (χ1) is 6.63. The fraction of sp³-hybridized carbons (Fsp3) is 0.500. The molecule has 0 spiro atoms. The molecule has 0 aliphatic heterocycles. The minimum absolute atomic E-state index is 0.169. The van der Waals surface area contributed by atoms with Crippen molar-refractivity contribution in [1.82, 2.24) is 5.16 Å². The highest BCUT2D eigenvalue weighted by molar-refractivity contribution is 5.93. The van der Waals surface area contributed by atoms with Gasteiger partial charge in [-0.15, -0.1) is 0 Å². The Hall–Kier alpha value is -1.40. The topological polar surface area (TPSA) is 90.4 Å². The first kappa shape index (κ1) is 10.7. The van der Waals surface area contributed by atoms with Crippen LogP contribution in [0.3, 0.4) is 0 Å². The molecule has 1 aromatic heterocycles. The molecule has 1 aromatic rings. The Morgan fingerprint density at radius 3 is 3.07 bits per heavy atom. The number of anilines is 1. The minimum atomic E-state index is -0.697. The van der Waals surface area contributed by atoms with E-state index < -0.39 is 6.04 Å². The lowest BCUT2D eigenvalue weighted by Crippen LogP contribution is -2.39. The fourth-order valence-electron chi connectivity index (χ4n) is 0.899. The van der Waals surface area contributed by atoms with E-state index in [1.807, 2.05) is 0 Å². The van der Waals surface area contributed by atoms with E-state index in [1.54, 1.807) is 13.0 Å². The van der Waals surface area contributed by atoms with Gasteiger partial charge in [0, 0.05) is 13.2 Å². The number of carbonyl (C=O) groups is 1. The second kappa shape index (κ2) is 4.73. The van der Waals surface area contributed by atoms with Gasteiger partial charge < -0.3 is 20.3 Å². The maximum Gasteiger partial charge on any atom is 0.244 e. The van der Waals surface area contributed by atoms with Crippen molar-refractivity contribution in [1.29, 1.82) is 0 Å². The molecule has 3 N–H and O–H groups in total. The van der Waals surface area contributed by atoms with Gasteiger partial charge in [0.2, 0.25) is 5.91 Å². The average molecular weight is 199 g/mol. The number of amides is 1. The maximum atomic E-state index is 11.3. The summed E-state index contributed by atoms with van der Waals surface area (Å²) in [6, 6.07) is 0.911. The second-order valence-electron chi connectivity index (χ2n) is 2.87. The van der Waals surface area contributed by atoms with Crippen LogP contribution in [0.4, 0.5) is 5.82 Å². The summed E-state index contributed by atoms with van der Waals surface area (Å²) in [6.07, 6.45) is 0. The summed E-state index contributed by atoms with van der Waals surface area (Å²) in [5, 5.41) is 6.09. The largest absolute Gasteiger partial charge is 0.383 e. The van der Waals surface area contributed by atoms with Crippen LogP contribution in [-0.2, 0) is 9.53 Å². The summed E-state index contributed by atoms with van der Waals surface area (Å²) < 4.78 is 9.51. The Kier molecular flexibility index (Phi) is 3.61. The van der Waals surface area contributed by atoms with Gasteiger partial charge in [-0.3, -0.25) is 4.79 Å². The molecule has 0 saturated carbocycles. The van der Waals surface area contributed by atoms with E-state index in [0.29, 0.717) is 11.6 Å². The molecule has 0 radical (unpaired) electrons. The number of methoxy groups -OCH3 is 1. The average Bonchev–Trinajstić information content (AvgIpc) is 2.51. The van der Waals surface area contributed by atoms with Crippen molar-refractivity contribution in [2.75, 3.05) is 19.0 Å². The fourth-order valence-corrected chi connectivity index (χ4v) is 0.899. The summed E-state index contributed by atoms with van der Waals surface area (Å²) in [5.74, 6) is 0.639. The molecule has 0 bridgehead atoms. The van der Waals surface area contributed by atoms with Crippen molar-refractivity contribution in [3.63, 3.8) is 0 Å². The predicted octanol–water partition coefficient (Wildman–Crippen LogP) is -0.105. The minimum Gasteiger partial charge on any atom is -0.383 e. The summed E-state index contributed by atoms with van der Waals surface area (Å²) in [4.78, 5) is 11.3. The first-order valence-corrected chi connectivity index (χ1v) is 4.12. The molecule has 0 fully saturated rings. The van der Waals surface area contributed by atoms with Gasteiger partial charge >= 0.3 is 0 Å². The van der Waals surface area contributed by atoms with Crippen LogP contribution in [0, 0.1) is 6.92 Å². The number of rotatable bonds is 4. The molecule has 0 aliphatic carbocycles. The molecule has 1 amide bonds. The van der Waals surface area contributed by atoms with Gasteiger partial charge in [0.1, 0.15) is 11.8 Å². The third-order valence-electron chi connectivity index (χ3n) is 1.56. The summed E-state index contributed by atoms with van der Waals surface area (Å²) in [7, 11) is 1.48. The SMILES string of the molecule is COCC(N)C(=O)Nc1cc(C)on1. The number of aromatic nitrogens is 1. The number of nitrogens with two attached hydrogens (primary N) is 1. The molecule has 6 heteroatoms. The van der Waals surface area contributed by atoms with Gasteiger partial charge in [0.25, 0.3) is 0 Å². The van der Waals surface area contributed by atoms with Crippen LogP contribution in [0.15, 0.2) is 10.6 Å². The molecular formula is C8H13N3O3. The highest BCUT2D eigenvalue weighted by atomic mass is 16.5. The number of aryl methyl sites for hydroxylation is 1. The van der Waals surface area contributed by atoms with Gasteiger partial charge in [0.15, 0.2) is 5.82 Å². The Morgan fingerprint density at radius 1 is 1.86 bits per heavy atom. The smallest absolute Gasteiger partial charge is 0.244 e. The quantitative estimate of drug-likeness (QED) is 0.706. The van der Waals surface area contributed by atoms with Crippen LogP contribution >= 0.6 is 0 Å². The van der Waals surface area contributed by atoms with E-state index in [2.05, 4.69) is 10.5 Å². The van der Waals surface area contributed by atoms with Crippen molar-refractivity contribution < 1.29 is 14.1 Å². The molecule has 0 aromatic carbocycles. The lowest BCUT2D eigenvalue weighted by atomic mass is 10.3. The molecule has 1 rings (SSSR count). The highest BCUT2D eigenvalue weighted by Crippen LogP contribution is 2.06. The van der Waals surface area contributed by atoms with E-state index >= 15 is 0 Å². The van der Waals surface area contributed by atoms with E-state index in [4.69, 9.17) is 15.0 Å².